The highest BCUT2D eigenvalue weighted by molar-refractivity contribution is 6.05. The second-order valence-electron chi connectivity index (χ2n) is 10.4. The number of aryl methyl sites for hydroxylation is 1. The van der Waals surface area contributed by atoms with Crippen molar-refractivity contribution in [3.63, 3.8) is 0 Å². The van der Waals surface area contributed by atoms with Gasteiger partial charge >= 0.3 is 0 Å². The normalized spacial score (nSPS) is 25.7. The zero-order valence-corrected chi connectivity index (χ0v) is 21.5. The summed E-state index contributed by atoms with van der Waals surface area (Å²) >= 11 is 0. The minimum Gasteiger partial charge on any atom is -0.375 e. The van der Waals surface area contributed by atoms with Crippen LogP contribution in [-0.4, -0.2) is 28.1 Å². The van der Waals surface area contributed by atoms with E-state index in [9.17, 15) is 19.6 Å². The number of carbonyl (C=O) groups excluding carboxylic acids is 2. The third-order valence-corrected chi connectivity index (χ3v) is 8.07. The predicted molar refractivity (Wildman–Crippen MR) is 144 cm³/mol. The van der Waals surface area contributed by atoms with E-state index in [1.165, 1.54) is 10.8 Å². The first-order valence-electron chi connectivity index (χ1n) is 12.6. The Morgan fingerprint density at radius 1 is 1.26 bits per heavy atom. The van der Waals surface area contributed by atoms with Crippen LogP contribution in [0.2, 0.25) is 0 Å². The lowest BCUT2D eigenvalue weighted by atomic mass is 9.66. The van der Waals surface area contributed by atoms with E-state index in [1.807, 2.05) is 31.2 Å². The summed E-state index contributed by atoms with van der Waals surface area (Å²) in [5.41, 5.74) is -0.00831. The Morgan fingerprint density at radius 3 is 2.63 bits per heavy atom. The summed E-state index contributed by atoms with van der Waals surface area (Å²) < 4.78 is 13.5. The molecule has 0 unspecified atom stereocenters. The molecule has 0 radical (unpaired) electrons. The van der Waals surface area contributed by atoms with E-state index >= 15 is 0 Å². The third-order valence-electron chi connectivity index (χ3n) is 8.07. The van der Waals surface area contributed by atoms with Crippen LogP contribution in [0.3, 0.4) is 0 Å². The van der Waals surface area contributed by atoms with Crippen LogP contribution in [0, 0.1) is 23.2 Å². The largest absolute Gasteiger partial charge is 0.375 e. The van der Waals surface area contributed by atoms with Gasteiger partial charge in [0.1, 0.15) is 6.29 Å². The first-order valence-corrected chi connectivity index (χ1v) is 12.6. The van der Waals surface area contributed by atoms with Crippen LogP contribution in [0.1, 0.15) is 50.0 Å². The van der Waals surface area contributed by atoms with E-state index in [0.29, 0.717) is 47.4 Å². The summed E-state index contributed by atoms with van der Waals surface area (Å²) in [4.78, 5) is 39.0. The van der Waals surface area contributed by atoms with Gasteiger partial charge in [0.2, 0.25) is 5.91 Å². The van der Waals surface area contributed by atoms with Crippen molar-refractivity contribution in [3.05, 3.63) is 76.8 Å². The van der Waals surface area contributed by atoms with E-state index in [-0.39, 0.29) is 18.0 Å². The Balaban J connectivity index is 1.42. The van der Waals surface area contributed by atoms with Crippen LogP contribution in [-0.2, 0) is 20.9 Å². The summed E-state index contributed by atoms with van der Waals surface area (Å²) in [6.45, 7) is 11.4. The summed E-state index contributed by atoms with van der Waals surface area (Å²) in [7, 11) is 0. The van der Waals surface area contributed by atoms with Crippen molar-refractivity contribution in [1.82, 2.24) is 4.74 Å². The number of hydrogen-bond donors (Lipinski definition) is 1. The first kappa shape index (κ1) is 25.4. The van der Waals surface area contributed by atoms with Gasteiger partial charge < -0.3 is 19.4 Å². The molecule has 3 aromatic rings. The number of anilines is 1. The van der Waals surface area contributed by atoms with Gasteiger partial charge in [0.25, 0.3) is 5.56 Å². The molecular formula is C30H29N3O5. The Kier molecular flexibility index (Phi) is 6.20. The highest BCUT2D eigenvalue weighted by atomic mass is 16.5. The molecule has 8 heteroatoms. The van der Waals surface area contributed by atoms with Gasteiger partial charge in [-0.2, -0.15) is 10.0 Å². The number of ether oxygens (including phenoxy) is 1. The van der Waals surface area contributed by atoms with Gasteiger partial charge in [0.05, 0.1) is 46.8 Å². The van der Waals surface area contributed by atoms with Crippen LogP contribution in [0.5, 0.6) is 0 Å². The third kappa shape index (κ3) is 3.82. The van der Waals surface area contributed by atoms with Gasteiger partial charge in [0, 0.05) is 16.5 Å². The molecule has 1 N–H and O–H groups in total. The Morgan fingerprint density at radius 2 is 2.00 bits per heavy atom. The molecule has 2 bridgehead atoms. The van der Waals surface area contributed by atoms with Crippen molar-refractivity contribution < 1.29 is 18.8 Å². The number of aromatic nitrogens is 1. The van der Waals surface area contributed by atoms with Crippen LogP contribution in [0.4, 0.5) is 5.69 Å². The molecule has 2 saturated heterocycles. The maximum Gasteiger partial charge on any atom is 0.290 e. The smallest absolute Gasteiger partial charge is 0.290 e. The summed E-state index contributed by atoms with van der Waals surface area (Å²) in [5, 5.41) is 13.9. The molecule has 2 aromatic carbocycles. The molecular weight excluding hydrogens is 482 g/mol. The zero-order chi connectivity index (χ0) is 27.2. The van der Waals surface area contributed by atoms with Crippen LogP contribution in [0.15, 0.2) is 58.9 Å². The lowest BCUT2D eigenvalue weighted by Crippen LogP contribution is -2.47. The minimum absolute atomic E-state index is 0.183. The van der Waals surface area contributed by atoms with E-state index in [4.69, 9.17) is 9.26 Å². The Labute approximate surface area is 220 Å². The number of amides is 1. The SMILES string of the molecule is C=Cc1c(C(=C)C)on(CC[C@@]23CC[C@@](C)(O2)[C@@H](C(=O)Nc2ccc(C#N)c4ccccc24)[C@H]3C=O)c1=O. The van der Waals surface area contributed by atoms with Gasteiger partial charge in [-0.25, -0.2) is 0 Å². The van der Waals surface area contributed by atoms with Gasteiger partial charge in [-0.3, -0.25) is 9.59 Å². The van der Waals surface area contributed by atoms with Crippen LogP contribution < -0.4 is 10.9 Å². The number of carbonyl (C=O) groups is 2. The second-order valence-corrected chi connectivity index (χ2v) is 10.4. The van der Waals surface area contributed by atoms with Crippen molar-refractivity contribution in [1.29, 1.82) is 5.26 Å². The molecule has 2 aliphatic rings. The van der Waals surface area contributed by atoms with E-state index < -0.39 is 23.0 Å². The molecule has 4 atom stereocenters. The standard InChI is InChI=1S/C30H29N3O5/c1-5-20-26(18(2)3)37-33(28(20)36)15-14-30-13-12-29(4,38-30)25(23(30)17-34)27(35)32-24-11-10-19(16-31)21-8-6-7-9-22(21)24/h5-11,17,23,25H,1-2,12-15H2,3-4H3,(H,32,35)/t23-,25-,29-,30-/m1/s1. The van der Waals surface area contributed by atoms with Gasteiger partial charge in [-0.15, -0.1) is 0 Å². The summed E-state index contributed by atoms with van der Waals surface area (Å²) in [5.74, 6) is -1.35. The number of nitrogens with one attached hydrogen (secondary N) is 1. The number of nitrogens with zero attached hydrogens (tertiary/aromatic N) is 2. The number of aldehydes is 1. The van der Waals surface area contributed by atoms with Gasteiger partial charge in [-0.1, -0.05) is 43.5 Å². The van der Waals surface area contributed by atoms with Crippen molar-refractivity contribution in [2.24, 2.45) is 11.8 Å². The average molecular weight is 512 g/mol. The van der Waals surface area contributed by atoms with E-state index in [2.05, 4.69) is 24.5 Å². The minimum atomic E-state index is -0.894. The quantitative estimate of drug-likeness (QED) is 0.429. The Bertz CT molecular complexity index is 1590. The number of fused-ring (bicyclic) bond motifs is 3. The molecule has 1 amide bonds. The summed E-state index contributed by atoms with van der Waals surface area (Å²) in [6.07, 6.45) is 3.78. The average Bonchev–Trinajstić information content (AvgIpc) is 3.51. The number of hydrogen-bond acceptors (Lipinski definition) is 6. The number of rotatable bonds is 8. The second kappa shape index (κ2) is 9.26. The maximum atomic E-state index is 13.7. The molecule has 0 saturated carbocycles. The highest BCUT2D eigenvalue weighted by Crippen LogP contribution is 2.58. The monoisotopic (exact) mass is 511 g/mol. The molecule has 2 aliphatic heterocycles. The number of nitriles is 1. The molecule has 0 aliphatic carbocycles. The topological polar surface area (TPSA) is 114 Å². The van der Waals surface area contributed by atoms with Gasteiger partial charge in [-0.05, 0) is 50.8 Å². The fourth-order valence-electron chi connectivity index (χ4n) is 6.22. The fourth-order valence-corrected chi connectivity index (χ4v) is 6.22. The van der Waals surface area contributed by atoms with Gasteiger partial charge in [0.15, 0.2) is 5.76 Å². The number of allylic oxidation sites excluding steroid dienone is 1. The van der Waals surface area contributed by atoms with Crippen molar-refractivity contribution in [2.75, 3.05) is 5.32 Å². The first-order chi connectivity index (χ1) is 18.2. The van der Waals surface area contributed by atoms with Crippen LogP contribution in [0.25, 0.3) is 22.4 Å². The fraction of sp³-hybridized carbons (Fsp3) is 0.333. The molecule has 8 nitrogen and oxygen atoms in total. The Hall–Kier alpha value is -4.22. The van der Waals surface area contributed by atoms with Crippen LogP contribution >= 0.6 is 0 Å². The van der Waals surface area contributed by atoms with Crippen molar-refractivity contribution in [2.45, 2.75) is 50.9 Å². The molecule has 38 heavy (non-hydrogen) atoms. The predicted octanol–water partition coefficient (Wildman–Crippen LogP) is 4.92. The maximum absolute atomic E-state index is 13.7. The zero-order valence-electron chi connectivity index (χ0n) is 21.5. The highest BCUT2D eigenvalue weighted by Gasteiger charge is 2.67. The molecule has 1 aromatic heterocycles. The molecule has 2 fully saturated rings. The molecule has 0 spiro atoms. The van der Waals surface area contributed by atoms with E-state index in [0.717, 1.165) is 17.1 Å². The summed E-state index contributed by atoms with van der Waals surface area (Å²) in [6, 6.07) is 12.9. The van der Waals surface area contributed by atoms with E-state index in [1.54, 1.807) is 19.1 Å². The molecule has 3 heterocycles. The molecule has 5 rings (SSSR count). The molecule has 194 valence electrons. The van der Waals surface area contributed by atoms with Crippen molar-refractivity contribution >= 4 is 40.3 Å². The lowest BCUT2D eigenvalue weighted by molar-refractivity contribution is -0.128. The van der Waals surface area contributed by atoms with Crippen molar-refractivity contribution in [3.8, 4) is 6.07 Å². The number of benzene rings is 2. The lowest BCUT2D eigenvalue weighted by Gasteiger charge is -2.34.